The molecule has 0 aliphatic carbocycles. The number of hydrogen-bond acceptors (Lipinski definition) is 4. The zero-order chi connectivity index (χ0) is 19.5. The van der Waals surface area contributed by atoms with Gasteiger partial charge >= 0.3 is 5.97 Å². The molecule has 2 rings (SSSR count). The Hall–Kier alpha value is -2.96. The van der Waals surface area contributed by atoms with Gasteiger partial charge in [0.25, 0.3) is 11.5 Å². The third-order valence-corrected chi connectivity index (χ3v) is 4.06. The monoisotopic (exact) mass is 357 g/mol. The van der Waals surface area contributed by atoms with Gasteiger partial charge in [-0.3, -0.25) is 14.4 Å². The van der Waals surface area contributed by atoms with Crippen LogP contribution in [-0.2, 0) is 17.3 Å². The summed E-state index contributed by atoms with van der Waals surface area (Å²) in [5.41, 5.74) is 1.50. The van der Waals surface area contributed by atoms with Crippen molar-refractivity contribution in [3.63, 3.8) is 0 Å². The highest BCUT2D eigenvalue weighted by atomic mass is 16.4. The van der Waals surface area contributed by atoms with Crippen molar-refractivity contribution in [2.24, 2.45) is 7.05 Å². The number of benzene rings is 1. The molecule has 0 aliphatic rings. The van der Waals surface area contributed by atoms with Gasteiger partial charge in [-0.25, -0.2) is 4.68 Å². The van der Waals surface area contributed by atoms with E-state index < -0.39 is 17.9 Å². The van der Waals surface area contributed by atoms with E-state index in [0.29, 0.717) is 5.56 Å². The van der Waals surface area contributed by atoms with Crippen molar-refractivity contribution in [2.45, 2.75) is 38.6 Å². The Morgan fingerprint density at radius 1 is 1.15 bits per heavy atom. The molecule has 1 amide bonds. The second-order valence-electron chi connectivity index (χ2n) is 7.18. The molecule has 1 unspecified atom stereocenters. The molecule has 0 spiro atoms. The summed E-state index contributed by atoms with van der Waals surface area (Å²) >= 11 is 0. The molecule has 0 aliphatic heterocycles. The molecule has 0 saturated carbocycles. The fourth-order valence-electron chi connectivity index (χ4n) is 2.50. The molecule has 0 bridgehead atoms. The summed E-state index contributed by atoms with van der Waals surface area (Å²) in [5.74, 6) is -1.56. The van der Waals surface area contributed by atoms with E-state index >= 15 is 0 Å². The summed E-state index contributed by atoms with van der Waals surface area (Å²) in [6, 6.07) is 9.37. The normalized spacial score (nSPS) is 12.5. The minimum Gasteiger partial charge on any atom is -0.481 e. The lowest BCUT2D eigenvalue weighted by molar-refractivity contribution is -0.137. The third kappa shape index (κ3) is 4.78. The van der Waals surface area contributed by atoms with Gasteiger partial charge in [0.2, 0.25) is 0 Å². The summed E-state index contributed by atoms with van der Waals surface area (Å²) < 4.78 is 1.05. The molecule has 1 aromatic heterocycles. The fourth-order valence-corrected chi connectivity index (χ4v) is 2.50. The van der Waals surface area contributed by atoms with E-state index in [1.807, 2.05) is 24.3 Å². The van der Waals surface area contributed by atoms with E-state index in [4.69, 9.17) is 0 Å². The maximum atomic E-state index is 12.4. The van der Waals surface area contributed by atoms with Gasteiger partial charge in [0, 0.05) is 13.1 Å². The number of carboxylic acid groups (broad SMARTS) is 1. The maximum Gasteiger partial charge on any atom is 0.305 e. The molecule has 26 heavy (non-hydrogen) atoms. The van der Waals surface area contributed by atoms with Gasteiger partial charge in [0.1, 0.15) is 5.69 Å². The van der Waals surface area contributed by atoms with Crippen molar-refractivity contribution in [1.82, 2.24) is 15.1 Å². The van der Waals surface area contributed by atoms with Crippen molar-refractivity contribution in [3.05, 3.63) is 63.6 Å². The number of carbonyl (C=O) groups is 2. The highest BCUT2D eigenvalue weighted by Gasteiger charge is 2.21. The number of rotatable bonds is 5. The molecule has 0 fully saturated rings. The summed E-state index contributed by atoms with van der Waals surface area (Å²) in [5, 5.41) is 15.8. The zero-order valence-electron chi connectivity index (χ0n) is 15.3. The topological polar surface area (TPSA) is 101 Å². The standard InChI is InChI=1S/C19H23N3O4/c1-19(2,3)13-7-5-12(6-8-13)15(11-17(24)25)20-18(26)14-9-10-16(23)22(4)21-14/h5-10,15H,11H2,1-4H3,(H,20,26)(H,24,25). The summed E-state index contributed by atoms with van der Waals surface area (Å²) in [4.78, 5) is 35.0. The van der Waals surface area contributed by atoms with Crippen LogP contribution in [0.15, 0.2) is 41.2 Å². The first-order valence-electron chi connectivity index (χ1n) is 8.25. The highest BCUT2D eigenvalue weighted by molar-refractivity contribution is 5.92. The molecule has 1 atom stereocenters. The first-order chi connectivity index (χ1) is 12.1. The Morgan fingerprint density at radius 3 is 2.27 bits per heavy atom. The van der Waals surface area contributed by atoms with E-state index in [0.717, 1.165) is 10.2 Å². The zero-order valence-corrected chi connectivity index (χ0v) is 15.3. The molecule has 138 valence electrons. The maximum absolute atomic E-state index is 12.4. The molecule has 7 nitrogen and oxygen atoms in total. The van der Waals surface area contributed by atoms with Crippen LogP contribution in [0.25, 0.3) is 0 Å². The first-order valence-corrected chi connectivity index (χ1v) is 8.25. The van der Waals surface area contributed by atoms with Gasteiger partial charge in [0.05, 0.1) is 12.5 Å². The van der Waals surface area contributed by atoms with Gasteiger partial charge in [-0.1, -0.05) is 45.0 Å². The SMILES string of the molecule is Cn1nc(C(=O)NC(CC(=O)O)c2ccc(C(C)(C)C)cc2)ccc1=O. The predicted octanol–water partition coefficient (Wildman–Crippen LogP) is 2.02. The fraction of sp³-hybridized carbons (Fsp3) is 0.368. The summed E-state index contributed by atoms with van der Waals surface area (Å²) in [6.07, 6.45) is -0.258. The number of aryl methyl sites for hydroxylation is 1. The summed E-state index contributed by atoms with van der Waals surface area (Å²) in [6.45, 7) is 6.26. The van der Waals surface area contributed by atoms with Gasteiger partial charge in [-0.05, 0) is 22.6 Å². The van der Waals surface area contributed by atoms with E-state index in [-0.39, 0.29) is 23.1 Å². The molecule has 1 heterocycles. The van der Waals surface area contributed by atoms with Crippen LogP contribution in [0.2, 0.25) is 0 Å². The molecule has 2 N–H and O–H groups in total. The van der Waals surface area contributed by atoms with Crippen molar-refractivity contribution in [3.8, 4) is 0 Å². The van der Waals surface area contributed by atoms with E-state index in [1.54, 1.807) is 0 Å². The Kier molecular flexibility index (Phi) is 5.59. The van der Waals surface area contributed by atoms with Crippen LogP contribution in [0, 0.1) is 0 Å². The lowest BCUT2D eigenvalue weighted by Crippen LogP contribution is -2.32. The predicted molar refractivity (Wildman–Crippen MR) is 97.1 cm³/mol. The Morgan fingerprint density at radius 2 is 1.77 bits per heavy atom. The van der Waals surface area contributed by atoms with Crippen LogP contribution >= 0.6 is 0 Å². The lowest BCUT2D eigenvalue weighted by Gasteiger charge is -2.21. The highest BCUT2D eigenvalue weighted by Crippen LogP contribution is 2.25. The van der Waals surface area contributed by atoms with Crippen LogP contribution < -0.4 is 10.9 Å². The minimum absolute atomic E-state index is 0.0250. The van der Waals surface area contributed by atoms with Crippen molar-refractivity contribution < 1.29 is 14.7 Å². The van der Waals surface area contributed by atoms with Crippen LogP contribution in [0.5, 0.6) is 0 Å². The Labute approximate surface area is 151 Å². The largest absolute Gasteiger partial charge is 0.481 e. The molecule has 7 heteroatoms. The summed E-state index contributed by atoms with van der Waals surface area (Å²) in [7, 11) is 1.44. The number of amides is 1. The molecule has 2 aromatic rings. The number of nitrogens with zero attached hydrogens (tertiary/aromatic N) is 2. The minimum atomic E-state index is -1.02. The van der Waals surface area contributed by atoms with E-state index in [2.05, 4.69) is 31.2 Å². The van der Waals surface area contributed by atoms with Crippen LogP contribution in [0.3, 0.4) is 0 Å². The quantitative estimate of drug-likeness (QED) is 0.852. The molecule has 0 saturated heterocycles. The number of nitrogens with one attached hydrogen (secondary N) is 1. The van der Waals surface area contributed by atoms with Gasteiger partial charge < -0.3 is 10.4 Å². The number of hydrogen-bond donors (Lipinski definition) is 2. The Bertz CT molecular complexity index is 864. The Balaban J connectivity index is 2.26. The molecular formula is C19H23N3O4. The van der Waals surface area contributed by atoms with Gasteiger partial charge in [0.15, 0.2) is 0 Å². The smallest absolute Gasteiger partial charge is 0.305 e. The first kappa shape index (κ1) is 19.4. The van der Waals surface area contributed by atoms with Crippen LogP contribution in [0.1, 0.15) is 54.8 Å². The number of carbonyl (C=O) groups excluding carboxylic acids is 1. The van der Waals surface area contributed by atoms with Gasteiger partial charge in [-0.15, -0.1) is 0 Å². The number of carboxylic acids is 1. The second-order valence-corrected chi connectivity index (χ2v) is 7.18. The van der Waals surface area contributed by atoms with Crippen molar-refractivity contribution >= 4 is 11.9 Å². The van der Waals surface area contributed by atoms with E-state index in [9.17, 15) is 19.5 Å². The lowest BCUT2D eigenvalue weighted by atomic mass is 9.86. The number of aromatic nitrogens is 2. The average Bonchev–Trinajstić information content (AvgIpc) is 2.55. The van der Waals surface area contributed by atoms with E-state index in [1.165, 1.54) is 19.2 Å². The molecular weight excluding hydrogens is 334 g/mol. The molecule has 0 radical (unpaired) electrons. The number of aliphatic carboxylic acids is 1. The van der Waals surface area contributed by atoms with Crippen LogP contribution in [0.4, 0.5) is 0 Å². The second kappa shape index (κ2) is 7.51. The van der Waals surface area contributed by atoms with Gasteiger partial charge in [-0.2, -0.15) is 5.10 Å². The third-order valence-electron chi connectivity index (χ3n) is 4.06. The van der Waals surface area contributed by atoms with Crippen molar-refractivity contribution in [1.29, 1.82) is 0 Å². The van der Waals surface area contributed by atoms with Crippen molar-refractivity contribution in [2.75, 3.05) is 0 Å². The van der Waals surface area contributed by atoms with Crippen LogP contribution in [-0.4, -0.2) is 26.8 Å². The molecule has 1 aromatic carbocycles. The average molecular weight is 357 g/mol.